The van der Waals surface area contributed by atoms with Gasteiger partial charge < -0.3 is 4.90 Å². The molecule has 0 saturated heterocycles. The molecular formula is C19H23N3O2S3. The fourth-order valence-electron chi connectivity index (χ4n) is 2.81. The molecule has 3 heterocycles. The Balaban J connectivity index is 1.84. The van der Waals surface area contributed by atoms with Crippen molar-refractivity contribution in [2.24, 2.45) is 0 Å². The fourth-order valence-corrected chi connectivity index (χ4v) is 5.70. The Hall–Kier alpha value is -1.64. The third-order valence-corrected chi connectivity index (χ3v) is 7.34. The average Bonchev–Trinajstić information content (AvgIpc) is 3.20. The first-order valence-corrected chi connectivity index (χ1v) is 11.4. The molecule has 0 spiro atoms. The van der Waals surface area contributed by atoms with Gasteiger partial charge in [0.2, 0.25) is 5.91 Å². The van der Waals surface area contributed by atoms with Crippen LogP contribution < -0.4 is 5.56 Å². The molecule has 0 aliphatic carbocycles. The number of thiophene rings is 2. The van der Waals surface area contributed by atoms with Gasteiger partial charge in [-0.05, 0) is 44.7 Å². The van der Waals surface area contributed by atoms with Gasteiger partial charge in [-0.2, -0.15) is 0 Å². The SMILES string of the molecule is Cc1sc2nc(SCC(=O)N(C)Cc3cccs3)n(C(C)C)c(=O)c2c1C. The summed E-state index contributed by atoms with van der Waals surface area (Å²) in [6, 6.07) is 3.99. The van der Waals surface area contributed by atoms with Crippen molar-refractivity contribution < 1.29 is 4.79 Å². The fraction of sp³-hybridized carbons (Fsp3) is 0.421. The van der Waals surface area contributed by atoms with E-state index in [1.165, 1.54) is 23.1 Å². The van der Waals surface area contributed by atoms with Gasteiger partial charge in [0.05, 0.1) is 17.7 Å². The summed E-state index contributed by atoms with van der Waals surface area (Å²) < 4.78 is 1.71. The molecule has 3 aromatic rings. The van der Waals surface area contributed by atoms with Gasteiger partial charge in [-0.3, -0.25) is 14.2 Å². The number of rotatable bonds is 6. The highest BCUT2D eigenvalue weighted by Gasteiger charge is 2.20. The number of amides is 1. The molecule has 0 radical (unpaired) electrons. The minimum absolute atomic E-state index is 0.0151. The van der Waals surface area contributed by atoms with Crippen molar-refractivity contribution >= 4 is 50.6 Å². The van der Waals surface area contributed by atoms with Crippen LogP contribution in [-0.4, -0.2) is 33.2 Å². The number of hydrogen-bond acceptors (Lipinski definition) is 6. The highest BCUT2D eigenvalue weighted by atomic mass is 32.2. The van der Waals surface area contributed by atoms with Gasteiger partial charge in [-0.25, -0.2) is 4.98 Å². The molecule has 8 heteroatoms. The van der Waals surface area contributed by atoms with Crippen LogP contribution in [0.2, 0.25) is 0 Å². The number of thioether (sulfide) groups is 1. The lowest BCUT2D eigenvalue weighted by atomic mass is 10.2. The van der Waals surface area contributed by atoms with Crippen LogP contribution >= 0.6 is 34.4 Å². The molecule has 144 valence electrons. The monoisotopic (exact) mass is 421 g/mol. The van der Waals surface area contributed by atoms with Crippen molar-refractivity contribution in [3.05, 3.63) is 43.2 Å². The Kier molecular flexibility index (Phi) is 6.08. The topological polar surface area (TPSA) is 55.2 Å². The molecule has 0 unspecified atom stereocenters. The molecule has 0 saturated carbocycles. The van der Waals surface area contributed by atoms with Crippen LogP contribution in [0.25, 0.3) is 10.2 Å². The van der Waals surface area contributed by atoms with Crippen molar-refractivity contribution in [3.63, 3.8) is 0 Å². The lowest BCUT2D eigenvalue weighted by Crippen LogP contribution is -2.29. The molecule has 0 atom stereocenters. The van der Waals surface area contributed by atoms with Crippen molar-refractivity contribution in [3.8, 4) is 0 Å². The highest BCUT2D eigenvalue weighted by Crippen LogP contribution is 2.29. The Bertz CT molecular complexity index is 1020. The van der Waals surface area contributed by atoms with Gasteiger partial charge >= 0.3 is 0 Å². The second-order valence-corrected chi connectivity index (χ2v) is 9.92. The average molecular weight is 422 g/mol. The lowest BCUT2D eigenvalue weighted by Gasteiger charge is -2.18. The van der Waals surface area contributed by atoms with Crippen LogP contribution in [0, 0.1) is 13.8 Å². The van der Waals surface area contributed by atoms with Crippen molar-refractivity contribution in [2.45, 2.75) is 45.4 Å². The second kappa shape index (κ2) is 8.16. The van der Waals surface area contributed by atoms with Gasteiger partial charge in [0, 0.05) is 22.8 Å². The smallest absolute Gasteiger partial charge is 0.263 e. The first-order chi connectivity index (χ1) is 12.8. The van der Waals surface area contributed by atoms with Crippen LogP contribution in [0.3, 0.4) is 0 Å². The Morgan fingerprint density at radius 2 is 2.11 bits per heavy atom. The van der Waals surface area contributed by atoms with Crippen molar-refractivity contribution in [1.29, 1.82) is 0 Å². The molecule has 0 aromatic carbocycles. The van der Waals surface area contributed by atoms with E-state index in [0.29, 0.717) is 17.1 Å². The number of carbonyl (C=O) groups excluding carboxylic acids is 1. The molecule has 3 rings (SSSR count). The molecule has 0 aliphatic heterocycles. The van der Waals surface area contributed by atoms with E-state index in [1.807, 2.05) is 45.2 Å². The number of fused-ring (bicyclic) bond motifs is 1. The van der Waals surface area contributed by atoms with Crippen molar-refractivity contribution in [2.75, 3.05) is 12.8 Å². The summed E-state index contributed by atoms with van der Waals surface area (Å²) in [6.45, 7) is 8.52. The van der Waals surface area contributed by atoms with Gasteiger partial charge in [-0.15, -0.1) is 22.7 Å². The van der Waals surface area contributed by atoms with Gasteiger partial charge in [-0.1, -0.05) is 17.8 Å². The maximum atomic E-state index is 13.0. The van der Waals surface area contributed by atoms with E-state index in [-0.39, 0.29) is 23.3 Å². The summed E-state index contributed by atoms with van der Waals surface area (Å²) in [4.78, 5) is 35.0. The molecule has 3 aromatic heterocycles. The lowest BCUT2D eigenvalue weighted by molar-refractivity contribution is -0.127. The molecule has 0 bridgehead atoms. The predicted molar refractivity (Wildman–Crippen MR) is 115 cm³/mol. The first-order valence-electron chi connectivity index (χ1n) is 8.71. The van der Waals surface area contributed by atoms with Crippen LogP contribution in [0.1, 0.15) is 35.2 Å². The summed E-state index contributed by atoms with van der Waals surface area (Å²) in [5.41, 5.74) is 0.990. The molecule has 0 fully saturated rings. The maximum absolute atomic E-state index is 13.0. The Morgan fingerprint density at radius 3 is 2.74 bits per heavy atom. The number of carbonyl (C=O) groups is 1. The van der Waals surface area contributed by atoms with Gasteiger partial charge in [0.15, 0.2) is 5.16 Å². The van der Waals surface area contributed by atoms with Crippen LogP contribution in [-0.2, 0) is 11.3 Å². The normalized spacial score (nSPS) is 11.5. The zero-order valence-corrected chi connectivity index (χ0v) is 18.6. The molecule has 0 aliphatic rings. The van der Waals surface area contributed by atoms with Crippen LogP contribution in [0.4, 0.5) is 0 Å². The summed E-state index contributed by atoms with van der Waals surface area (Å²) in [5, 5.41) is 3.33. The minimum atomic E-state index is -0.0181. The zero-order valence-electron chi connectivity index (χ0n) is 16.1. The molecule has 1 amide bonds. The van der Waals surface area contributed by atoms with Crippen LogP contribution in [0.15, 0.2) is 27.5 Å². The maximum Gasteiger partial charge on any atom is 0.263 e. The van der Waals surface area contributed by atoms with E-state index in [2.05, 4.69) is 0 Å². The highest BCUT2D eigenvalue weighted by molar-refractivity contribution is 7.99. The minimum Gasteiger partial charge on any atom is -0.340 e. The predicted octanol–water partition coefficient (Wildman–Crippen LogP) is 4.47. The van der Waals surface area contributed by atoms with E-state index in [0.717, 1.165) is 20.1 Å². The van der Waals surface area contributed by atoms with Crippen LogP contribution in [0.5, 0.6) is 0 Å². The number of hydrogen-bond donors (Lipinski definition) is 0. The third-order valence-electron chi connectivity index (χ3n) is 4.44. The second-order valence-electron chi connectivity index (χ2n) is 6.74. The summed E-state index contributed by atoms with van der Waals surface area (Å²) in [7, 11) is 1.81. The van der Waals surface area contributed by atoms with E-state index < -0.39 is 0 Å². The molecule has 5 nitrogen and oxygen atoms in total. The molecule has 0 N–H and O–H groups in total. The van der Waals surface area contributed by atoms with E-state index in [4.69, 9.17) is 4.98 Å². The van der Waals surface area contributed by atoms with Gasteiger partial charge in [0.1, 0.15) is 4.83 Å². The molecule has 27 heavy (non-hydrogen) atoms. The Morgan fingerprint density at radius 1 is 1.37 bits per heavy atom. The quantitative estimate of drug-likeness (QED) is 0.435. The Labute approximate surface area is 171 Å². The van der Waals surface area contributed by atoms with E-state index in [1.54, 1.807) is 27.9 Å². The third kappa shape index (κ3) is 4.12. The van der Waals surface area contributed by atoms with E-state index >= 15 is 0 Å². The van der Waals surface area contributed by atoms with Crippen molar-refractivity contribution in [1.82, 2.24) is 14.5 Å². The summed E-state index contributed by atoms with van der Waals surface area (Å²) >= 11 is 4.52. The standard InChI is InChI=1S/C19H23N3O2S3/c1-11(2)22-18(24)16-12(3)13(4)27-17(16)20-19(22)26-10-15(23)21(5)9-14-7-6-8-25-14/h6-8,11H,9-10H2,1-5H3. The van der Waals surface area contributed by atoms with E-state index in [9.17, 15) is 9.59 Å². The summed E-state index contributed by atoms with van der Waals surface area (Å²) in [5.74, 6) is 0.284. The number of aromatic nitrogens is 2. The first kappa shape index (κ1) is 20.1. The number of nitrogens with zero attached hydrogens (tertiary/aromatic N) is 3. The molecular weight excluding hydrogens is 398 g/mol. The largest absolute Gasteiger partial charge is 0.340 e. The summed E-state index contributed by atoms with van der Waals surface area (Å²) in [6.07, 6.45) is 0. The number of aryl methyl sites for hydroxylation is 2. The van der Waals surface area contributed by atoms with Gasteiger partial charge in [0.25, 0.3) is 5.56 Å². The zero-order chi connectivity index (χ0) is 19.7.